The molecular formula is C10H14N4O2. The highest BCUT2D eigenvalue weighted by Gasteiger charge is 2.09. The first-order valence-electron chi connectivity index (χ1n) is 4.84. The predicted molar refractivity (Wildman–Crippen MR) is 59.7 cm³/mol. The van der Waals surface area contributed by atoms with Gasteiger partial charge in [-0.2, -0.15) is 0 Å². The number of anilines is 1. The molecule has 0 spiro atoms. The van der Waals surface area contributed by atoms with E-state index in [0.29, 0.717) is 18.8 Å². The Morgan fingerprint density at radius 2 is 2.06 bits per heavy atom. The van der Waals surface area contributed by atoms with Crippen LogP contribution in [0.15, 0.2) is 18.3 Å². The van der Waals surface area contributed by atoms with E-state index in [0.717, 1.165) is 0 Å². The number of nitrogens with zero attached hydrogens (tertiary/aromatic N) is 1. The number of nitrogens with two attached hydrogens (primary N) is 1. The van der Waals surface area contributed by atoms with E-state index in [1.807, 2.05) is 0 Å². The molecule has 0 aliphatic heterocycles. The van der Waals surface area contributed by atoms with Gasteiger partial charge in [-0.05, 0) is 12.1 Å². The van der Waals surface area contributed by atoms with Gasteiger partial charge in [0.05, 0.1) is 5.69 Å². The van der Waals surface area contributed by atoms with Gasteiger partial charge in [0, 0.05) is 26.2 Å². The summed E-state index contributed by atoms with van der Waals surface area (Å²) in [5, 5.41) is 5.16. The lowest BCUT2D eigenvalue weighted by atomic mass is 10.3. The first kappa shape index (κ1) is 12.0. The van der Waals surface area contributed by atoms with Crippen molar-refractivity contribution >= 4 is 17.5 Å². The Hall–Kier alpha value is -2.11. The van der Waals surface area contributed by atoms with Crippen LogP contribution in [0.4, 0.5) is 5.69 Å². The largest absolute Gasteiger partial charge is 0.397 e. The van der Waals surface area contributed by atoms with E-state index < -0.39 is 0 Å². The fourth-order valence-corrected chi connectivity index (χ4v) is 1.11. The van der Waals surface area contributed by atoms with Gasteiger partial charge in [0.1, 0.15) is 0 Å². The number of pyridine rings is 1. The number of carbonyl (C=O) groups is 2. The van der Waals surface area contributed by atoms with Crippen LogP contribution in [0.5, 0.6) is 0 Å². The molecule has 6 heteroatoms. The molecule has 0 atom stereocenters. The fraction of sp³-hybridized carbons (Fsp3) is 0.300. The molecule has 0 unspecified atom stereocenters. The van der Waals surface area contributed by atoms with Crippen molar-refractivity contribution in [1.29, 1.82) is 0 Å². The van der Waals surface area contributed by atoms with Crippen molar-refractivity contribution in [1.82, 2.24) is 15.6 Å². The van der Waals surface area contributed by atoms with Gasteiger partial charge in [-0.15, -0.1) is 0 Å². The van der Waals surface area contributed by atoms with Gasteiger partial charge in [-0.1, -0.05) is 0 Å². The van der Waals surface area contributed by atoms with E-state index in [1.54, 1.807) is 12.1 Å². The first-order chi connectivity index (χ1) is 7.61. The number of rotatable bonds is 4. The third kappa shape index (κ3) is 3.56. The lowest BCUT2D eigenvalue weighted by Crippen LogP contribution is -2.34. The van der Waals surface area contributed by atoms with E-state index in [1.165, 1.54) is 13.1 Å². The maximum absolute atomic E-state index is 11.5. The zero-order chi connectivity index (χ0) is 12.0. The Kier molecular flexibility index (Phi) is 4.26. The smallest absolute Gasteiger partial charge is 0.272 e. The minimum atomic E-state index is -0.344. The molecule has 0 fully saturated rings. The van der Waals surface area contributed by atoms with Crippen LogP contribution >= 0.6 is 0 Å². The summed E-state index contributed by atoms with van der Waals surface area (Å²) in [6.07, 6.45) is 1.50. The third-order valence-electron chi connectivity index (χ3n) is 1.84. The third-order valence-corrected chi connectivity index (χ3v) is 1.84. The molecule has 1 aromatic heterocycles. The maximum Gasteiger partial charge on any atom is 0.272 e. The molecule has 86 valence electrons. The maximum atomic E-state index is 11.5. The lowest BCUT2D eigenvalue weighted by Gasteiger charge is -2.06. The van der Waals surface area contributed by atoms with Gasteiger partial charge >= 0.3 is 0 Å². The molecule has 4 N–H and O–H groups in total. The Morgan fingerprint density at radius 1 is 1.38 bits per heavy atom. The number of hydrogen-bond donors (Lipinski definition) is 3. The number of nitrogens with one attached hydrogen (secondary N) is 2. The molecule has 2 amide bonds. The van der Waals surface area contributed by atoms with Crippen molar-refractivity contribution in [3.8, 4) is 0 Å². The minimum absolute atomic E-state index is 0.133. The van der Waals surface area contributed by atoms with E-state index in [4.69, 9.17) is 5.73 Å². The molecule has 0 aliphatic carbocycles. The van der Waals surface area contributed by atoms with Crippen molar-refractivity contribution in [2.24, 2.45) is 0 Å². The second kappa shape index (κ2) is 5.69. The molecule has 0 radical (unpaired) electrons. The lowest BCUT2D eigenvalue weighted by molar-refractivity contribution is -0.118. The molecule has 1 aromatic rings. The summed E-state index contributed by atoms with van der Waals surface area (Å²) < 4.78 is 0. The van der Waals surface area contributed by atoms with Crippen molar-refractivity contribution in [2.75, 3.05) is 18.8 Å². The normalized spacial score (nSPS) is 9.56. The summed E-state index contributed by atoms with van der Waals surface area (Å²) in [5.74, 6) is -0.477. The summed E-state index contributed by atoms with van der Waals surface area (Å²) in [5.41, 5.74) is 6.11. The molecule has 0 aromatic carbocycles. The van der Waals surface area contributed by atoms with Crippen LogP contribution in [-0.2, 0) is 4.79 Å². The van der Waals surface area contributed by atoms with Crippen LogP contribution in [0.1, 0.15) is 17.4 Å². The summed E-state index contributed by atoms with van der Waals surface area (Å²) in [6.45, 7) is 2.14. The van der Waals surface area contributed by atoms with Crippen LogP contribution < -0.4 is 16.4 Å². The Bertz CT molecular complexity index is 392. The number of aromatic nitrogens is 1. The van der Waals surface area contributed by atoms with E-state index >= 15 is 0 Å². The van der Waals surface area contributed by atoms with Gasteiger partial charge in [0.25, 0.3) is 5.91 Å². The molecule has 0 saturated heterocycles. The predicted octanol–water partition coefficient (Wildman–Crippen LogP) is -0.470. The monoisotopic (exact) mass is 222 g/mol. The van der Waals surface area contributed by atoms with Gasteiger partial charge in [-0.25, -0.2) is 4.98 Å². The molecule has 1 heterocycles. The second-order valence-electron chi connectivity index (χ2n) is 3.18. The van der Waals surface area contributed by atoms with E-state index in [-0.39, 0.29) is 17.5 Å². The van der Waals surface area contributed by atoms with Crippen LogP contribution in [0.2, 0.25) is 0 Å². The fourth-order valence-electron chi connectivity index (χ4n) is 1.11. The standard InChI is InChI=1S/C10H14N4O2/c1-7(15)12-5-6-14-10(16)9-8(11)3-2-4-13-9/h2-4H,5-6,11H2,1H3,(H,12,15)(H,14,16). The highest BCUT2D eigenvalue weighted by atomic mass is 16.2. The Balaban J connectivity index is 2.41. The van der Waals surface area contributed by atoms with E-state index in [2.05, 4.69) is 15.6 Å². The van der Waals surface area contributed by atoms with Crippen molar-refractivity contribution in [3.05, 3.63) is 24.0 Å². The summed E-state index contributed by atoms with van der Waals surface area (Å²) in [6, 6.07) is 3.26. The van der Waals surface area contributed by atoms with Crippen LogP contribution in [-0.4, -0.2) is 29.9 Å². The molecule has 0 saturated carbocycles. The molecule has 0 aliphatic rings. The minimum Gasteiger partial charge on any atom is -0.397 e. The van der Waals surface area contributed by atoms with Crippen LogP contribution in [0.25, 0.3) is 0 Å². The molecular weight excluding hydrogens is 208 g/mol. The summed E-state index contributed by atoms with van der Waals surface area (Å²) >= 11 is 0. The van der Waals surface area contributed by atoms with Crippen molar-refractivity contribution in [2.45, 2.75) is 6.92 Å². The highest BCUT2D eigenvalue weighted by molar-refractivity contribution is 5.96. The zero-order valence-corrected chi connectivity index (χ0v) is 8.99. The number of carbonyl (C=O) groups excluding carboxylic acids is 2. The van der Waals surface area contributed by atoms with Crippen LogP contribution in [0.3, 0.4) is 0 Å². The van der Waals surface area contributed by atoms with Crippen molar-refractivity contribution in [3.63, 3.8) is 0 Å². The number of hydrogen-bond acceptors (Lipinski definition) is 4. The zero-order valence-electron chi connectivity index (χ0n) is 8.99. The van der Waals surface area contributed by atoms with E-state index in [9.17, 15) is 9.59 Å². The topological polar surface area (TPSA) is 97.1 Å². The summed E-state index contributed by atoms with van der Waals surface area (Å²) in [4.78, 5) is 26.0. The Labute approximate surface area is 93.2 Å². The number of amides is 2. The SMILES string of the molecule is CC(=O)NCCNC(=O)c1ncccc1N. The second-order valence-corrected chi connectivity index (χ2v) is 3.18. The number of nitrogen functional groups attached to an aromatic ring is 1. The highest BCUT2D eigenvalue weighted by Crippen LogP contribution is 2.05. The average Bonchev–Trinajstić information content (AvgIpc) is 2.24. The van der Waals surface area contributed by atoms with Gasteiger partial charge < -0.3 is 16.4 Å². The molecule has 6 nitrogen and oxygen atoms in total. The van der Waals surface area contributed by atoms with Gasteiger partial charge in [0.2, 0.25) is 5.91 Å². The summed E-state index contributed by atoms with van der Waals surface area (Å²) in [7, 11) is 0. The molecule has 1 rings (SSSR count). The van der Waals surface area contributed by atoms with Gasteiger partial charge in [0.15, 0.2) is 5.69 Å². The van der Waals surface area contributed by atoms with Gasteiger partial charge in [-0.3, -0.25) is 9.59 Å². The Morgan fingerprint density at radius 3 is 2.69 bits per heavy atom. The quantitative estimate of drug-likeness (QED) is 0.600. The first-order valence-corrected chi connectivity index (χ1v) is 4.84. The molecule has 16 heavy (non-hydrogen) atoms. The van der Waals surface area contributed by atoms with Crippen molar-refractivity contribution < 1.29 is 9.59 Å². The molecule has 0 bridgehead atoms. The van der Waals surface area contributed by atoms with Crippen LogP contribution in [0, 0.1) is 0 Å². The average molecular weight is 222 g/mol.